The maximum absolute atomic E-state index is 12.7. The monoisotopic (exact) mass is 430 g/mol. The molecule has 0 spiro atoms. The van der Waals surface area contributed by atoms with Crippen molar-refractivity contribution in [1.29, 1.82) is 5.26 Å². The summed E-state index contributed by atoms with van der Waals surface area (Å²) in [5.41, 5.74) is 0.766. The van der Waals surface area contributed by atoms with Crippen molar-refractivity contribution in [3.63, 3.8) is 0 Å². The van der Waals surface area contributed by atoms with E-state index in [0.717, 1.165) is 33.8 Å². The number of hydrogen-bond donors (Lipinski definition) is 0. The zero-order valence-electron chi connectivity index (χ0n) is 16.5. The molecular weight excluding hydrogens is 412 g/mol. The van der Waals surface area contributed by atoms with E-state index in [4.69, 9.17) is 14.7 Å². The van der Waals surface area contributed by atoms with Crippen LogP contribution in [0.1, 0.15) is 5.56 Å². The topological polar surface area (TPSA) is 79.6 Å². The SMILES string of the molecule is N#CCOc1ccc(/C=C2\SC(=O)N(CCOc3cccc4ccccc34)C2=O)cc1. The molecule has 154 valence electrons. The van der Waals surface area contributed by atoms with Crippen molar-refractivity contribution < 1.29 is 19.1 Å². The second-order valence-corrected chi connectivity index (χ2v) is 7.67. The standard InChI is InChI=1S/C24H18N2O4S/c25-12-14-29-19-10-8-17(9-11-19)16-22-23(27)26(24(28)31-22)13-15-30-21-7-3-5-18-4-1-2-6-20(18)21/h1-11,16H,13-15H2/b22-16-. The van der Waals surface area contributed by atoms with E-state index >= 15 is 0 Å². The average Bonchev–Trinajstić information content (AvgIpc) is 3.06. The zero-order chi connectivity index (χ0) is 21.6. The molecule has 0 radical (unpaired) electrons. The lowest BCUT2D eigenvalue weighted by atomic mass is 10.1. The van der Waals surface area contributed by atoms with Gasteiger partial charge in [0, 0.05) is 5.39 Å². The number of thioether (sulfide) groups is 1. The molecule has 1 fully saturated rings. The largest absolute Gasteiger partial charge is 0.491 e. The Balaban J connectivity index is 1.39. The number of nitrogens with zero attached hydrogens (tertiary/aromatic N) is 2. The highest BCUT2D eigenvalue weighted by Gasteiger charge is 2.34. The number of hydrogen-bond acceptors (Lipinski definition) is 6. The molecule has 2 amide bonds. The van der Waals surface area contributed by atoms with Crippen LogP contribution >= 0.6 is 11.8 Å². The van der Waals surface area contributed by atoms with Crippen molar-refractivity contribution in [1.82, 2.24) is 4.90 Å². The summed E-state index contributed by atoms with van der Waals surface area (Å²) in [6, 6.07) is 22.6. The number of nitriles is 1. The molecule has 7 heteroatoms. The summed E-state index contributed by atoms with van der Waals surface area (Å²) in [7, 11) is 0. The first-order valence-corrected chi connectivity index (χ1v) is 10.4. The van der Waals surface area contributed by atoms with Crippen LogP contribution in [0.4, 0.5) is 4.79 Å². The summed E-state index contributed by atoms with van der Waals surface area (Å²) in [4.78, 5) is 26.6. The number of rotatable bonds is 7. The van der Waals surface area contributed by atoms with Crippen molar-refractivity contribution in [3.8, 4) is 17.6 Å². The van der Waals surface area contributed by atoms with Gasteiger partial charge in [-0.1, -0.05) is 48.5 Å². The van der Waals surface area contributed by atoms with Crippen molar-refractivity contribution in [2.45, 2.75) is 0 Å². The highest BCUT2D eigenvalue weighted by Crippen LogP contribution is 2.32. The minimum absolute atomic E-state index is 0.0287. The number of carbonyl (C=O) groups is 2. The Labute approximate surface area is 183 Å². The lowest BCUT2D eigenvalue weighted by Gasteiger charge is -2.14. The van der Waals surface area contributed by atoms with Crippen LogP contribution in [0.25, 0.3) is 16.8 Å². The van der Waals surface area contributed by atoms with Gasteiger partial charge in [-0.05, 0) is 47.0 Å². The minimum Gasteiger partial charge on any atom is -0.491 e. The van der Waals surface area contributed by atoms with Gasteiger partial charge in [0.15, 0.2) is 6.61 Å². The fourth-order valence-electron chi connectivity index (χ4n) is 3.19. The van der Waals surface area contributed by atoms with Gasteiger partial charge in [-0.2, -0.15) is 5.26 Å². The molecule has 1 aliphatic heterocycles. The molecule has 3 aromatic carbocycles. The zero-order valence-corrected chi connectivity index (χ0v) is 17.3. The Kier molecular flexibility index (Phi) is 6.20. The Morgan fingerprint density at radius 2 is 1.74 bits per heavy atom. The molecule has 1 heterocycles. The van der Waals surface area contributed by atoms with Crippen LogP contribution in [-0.4, -0.2) is 35.8 Å². The third-order valence-corrected chi connectivity index (χ3v) is 5.58. The smallest absolute Gasteiger partial charge is 0.293 e. The Bertz CT molecular complexity index is 1190. The van der Waals surface area contributed by atoms with Gasteiger partial charge in [0.1, 0.15) is 24.2 Å². The third-order valence-electron chi connectivity index (χ3n) is 4.68. The Morgan fingerprint density at radius 1 is 0.968 bits per heavy atom. The third kappa shape index (κ3) is 4.71. The summed E-state index contributed by atoms with van der Waals surface area (Å²) in [5.74, 6) is 0.957. The average molecular weight is 430 g/mol. The van der Waals surface area contributed by atoms with E-state index in [2.05, 4.69) is 0 Å². The number of amides is 2. The number of ether oxygens (including phenoxy) is 2. The molecule has 1 saturated heterocycles. The Morgan fingerprint density at radius 3 is 2.55 bits per heavy atom. The first-order chi connectivity index (χ1) is 15.2. The molecule has 0 aromatic heterocycles. The number of benzene rings is 3. The summed E-state index contributed by atoms with van der Waals surface area (Å²) in [6.07, 6.45) is 1.67. The highest BCUT2D eigenvalue weighted by molar-refractivity contribution is 8.18. The van der Waals surface area contributed by atoms with Crippen molar-refractivity contribution in [2.24, 2.45) is 0 Å². The van der Waals surface area contributed by atoms with Crippen molar-refractivity contribution >= 4 is 39.8 Å². The predicted octanol–water partition coefficient (Wildman–Crippen LogP) is 4.86. The van der Waals surface area contributed by atoms with Crippen LogP contribution < -0.4 is 9.47 Å². The van der Waals surface area contributed by atoms with Gasteiger partial charge < -0.3 is 9.47 Å². The predicted molar refractivity (Wildman–Crippen MR) is 120 cm³/mol. The summed E-state index contributed by atoms with van der Waals surface area (Å²) >= 11 is 0.912. The first kappa shape index (κ1) is 20.5. The molecule has 6 nitrogen and oxygen atoms in total. The van der Waals surface area contributed by atoms with Gasteiger partial charge in [-0.25, -0.2) is 0 Å². The molecule has 0 saturated carbocycles. The van der Waals surface area contributed by atoms with Crippen LogP contribution in [0.5, 0.6) is 11.5 Å². The molecule has 1 aliphatic rings. The molecule has 0 bridgehead atoms. The Hall–Kier alpha value is -3.76. The van der Waals surface area contributed by atoms with Crippen molar-refractivity contribution in [3.05, 3.63) is 77.2 Å². The number of fused-ring (bicyclic) bond motifs is 1. The fourth-order valence-corrected chi connectivity index (χ4v) is 4.05. The van der Waals surface area contributed by atoms with Gasteiger partial charge in [0.25, 0.3) is 11.1 Å². The van der Waals surface area contributed by atoms with Crippen LogP contribution in [0.3, 0.4) is 0 Å². The first-order valence-electron chi connectivity index (χ1n) is 9.61. The number of imide groups is 1. The maximum atomic E-state index is 12.7. The summed E-state index contributed by atoms with van der Waals surface area (Å²) in [5, 5.41) is 10.3. The van der Waals surface area contributed by atoms with Crippen LogP contribution in [0.15, 0.2) is 71.6 Å². The lowest BCUT2D eigenvalue weighted by Crippen LogP contribution is -2.32. The molecular formula is C24H18N2O4S. The quantitative estimate of drug-likeness (QED) is 0.498. The van der Waals surface area contributed by atoms with Gasteiger partial charge in [-0.3, -0.25) is 14.5 Å². The normalized spacial score (nSPS) is 14.8. The van der Waals surface area contributed by atoms with E-state index in [-0.39, 0.29) is 30.9 Å². The second-order valence-electron chi connectivity index (χ2n) is 6.67. The molecule has 0 N–H and O–H groups in total. The van der Waals surface area contributed by atoms with E-state index in [9.17, 15) is 9.59 Å². The molecule has 0 aliphatic carbocycles. The fraction of sp³-hybridized carbons (Fsp3) is 0.125. The van der Waals surface area contributed by atoms with E-state index < -0.39 is 0 Å². The van der Waals surface area contributed by atoms with Gasteiger partial charge >= 0.3 is 0 Å². The van der Waals surface area contributed by atoms with Crippen LogP contribution in [0, 0.1) is 11.3 Å². The molecule has 31 heavy (non-hydrogen) atoms. The maximum Gasteiger partial charge on any atom is 0.293 e. The van der Waals surface area contributed by atoms with Gasteiger partial charge in [0.05, 0.1) is 11.4 Å². The van der Waals surface area contributed by atoms with Gasteiger partial charge in [0.2, 0.25) is 0 Å². The van der Waals surface area contributed by atoms with E-state index in [1.165, 1.54) is 4.90 Å². The molecule has 3 aromatic rings. The lowest BCUT2D eigenvalue weighted by molar-refractivity contribution is -0.123. The van der Waals surface area contributed by atoms with E-state index in [0.29, 0.717) is 10.7 Å². The highest BCUT2D eigenvalue weighted by atomic mass is 32.2. The van der Waals surface area contributed by atoms with Crippen molar-refractivity contribution in [2.75, 3.05) is 19.8 Å². The summed E-state index contributed by atoms with van der Waals surface area (Å²) in [6.45, 7) is 0.357. The molecule has 0 atom stereocenters. The van der Waals surface area contributed by atoms with E-state index in [1.54, 1.807) is 30.3 Å². The number of carbonyl (C=O) groups excluding carboxylic acids is 2. The van der Waals surface area contributed by atoms with E-state index in [1.807, 2.05) is 48.5 Å². The molecule has 0 unspecified atom stereocenters. The van der Waals surface area contributed by atoms with Crippen LogP contribution in [0.2, 0.25) is 0 Å². The summed E-state index contributed by atoms with van der Waals surface area (Å²) < 4.78 is 11.1. The van der Waals surface area contributed by atoms with Gasteiger partial charge in [-0.15, -0.1) is 0 Å². The molecule has 4 rings (SSSR count). The minimum atomic E-state index is -0.332. The second kappa shape index (κ2) is 9.37. The van der Waals surface area contributed by atoms with Crippen LogP contribution in [-0.2, 0) is 4.79 Å².